The molecule has 0 heterocycles. The maximum Gasteiger partial charge on any atom is 0.193 e. The van der Waals surface area contributed by atoms with Gasteiger partial charge in [0, 0.05) is 11.1 Å². The number of benzene rings is 2. The Bertz CT molecular complexity index is 548. The first-order chi connectivity index (χ1) is 10.5. The van der Waals surface area contributed by atoms with Crippen LogP contribution in [0.4, 0.5) is 0 Å². The normalized spacial score (nSPS) is 11.2. The Morgan fingerprint density at radius 2 is 1.00 bits per heavy atom. The van der Waals surface area contributed by atoms with Crippen LogP contribution in [0, 0.1) is 11.8 Å². The molecule has 0 fully saturated rings. The van der Waals surface area contributed by atoms with Crippen LogP contribution in [-0.4, -0.2) is 5.78 Å². The zero-order chi connectivity index (χ0) is 16.1. The minimum absolute atomic E-state index is 0.104. The van der Waals surface area contributed by atoms with E-state index in [1.165, 1.54) is 11.1 Å². The standard InChI is InChI=1S/C21H26O/c1-15(2)13-17-5-9-19(10-6-17)21(22)20-11-7-18(8-12-20)14-16(3)4/h5-12,15-16H,13-14H2,1-4H3. The molecule has 0 aliphatic heterocycles. The van der Waals surface area contributed by atoms with Crippen LogP contribution < -0.4 is 0 Å². The molecule has 0 aromatic heterocycles. The highest BCUT2D eigenvalue weighted by Gasteiger charge is 2.09. The molecule has 0 aliphatic carbocycles. The van der Waals surface area contributed by atoms with Gasteiger partial charge in [0.1, 0.15) is 0 Å². The van der Waals surface area contributed by atoms with Crippen molar-refractivity contribution in [3.63, 3.8) is 0 Å². The third-order valence-corrected chi connectivity index (χ3v) is 3.72. The predicted octanol–water partition coefficient (Wildman–Crippen LogP) is 5.31. The maximum absolute atomic E-state index is 12.5. The number of rotatable bonds is 6. The lowest BCUT2D eigenvalue weighted by atomic mass is 9.97. The van der Waals surface area contributed by atoms with E-state index in [0.717, 1.165) is 24.0 Å². The summed E-state index contributed by atoms with van der Waals surface area (Å²) in [7, 11) is 0. The molecular weight excluding hydrogens is 268 g/mol. The second kappa shape index (κ2) is 7.40. The van der Waals surface area contributed by atoms with Gasteiger partial charge in [0.05, 0.1) is 0 Å². The SMILES string of the molecule is CC(C)Cc1ccc(C(=O)c2ccc(CC(C)C)cc2)cc1. The van der Waals surface area contributed by atoms with Crippen molar-refractivity contribution in [2.24, 2.45) is 11.8 Å². The summed E-state index contributed by atoms with van der Waals surface area (Å²) < 4.78 is 0. The molecule has 0 saturated carbocycles. The van der Waals surface area contributed by atoms with Crippen LogP contribution in [0.15, 0.2) is 48.5 Å². The van der Waals surface area contributed by atoms with Crippen LogP contribution in [0.2, 0.25) is 0 Å². The van der Waals surface area contributed by atoms with Crippen molar-refractivity contribution in [1.29, 1.82) is 0 Å². The number of hydrogen-bond donors (Lipinski definition) is 0. The van der Waals surface area contributed by atoms with Gasteiger partial charge in [-0.15, -0.1) is 0 Å². The highest BCUT2D eigenvalue weighted by Crippen LogP contribution is 2.15. The average molecular weight is 294 g/mol. The van der Waals surface area contributed by atoms with Gasteiger partial charge in [-0.3, -0.25) is 4.79 Å². The first kappa shape index (κ1) is 16.5. The predicted molar refractivity (Wildman–Crippen MR) is 93.4 cm³/mol. The molecule has 0 spiro atoms. The quantitative estimate of drug-likeness (QED) is 0.659. The molecule has 2 aromatic carbocycles. The molecule has 0 radical (unpaired) electrons. The Balaban J connectivity index is 2.10. The van der Waals surface area contributed by atoms with E-state index >= 15 is 0 Å². The molecule has 2 aromatic rings. The van der Waals surface area contributed by atoms with Gasteiger partial charge in [-0.1, -0.05) is 76.2 Å². The van der Waals surface area contributed by atoms with Crippen molar-refractivity contribution in [2.45, 2.75) is 40.5 Å². The molecule has 0 unspecified atom stereocenters. The summed E-state index contributed by atoms with van der Waals surface area (Å²) in [6.45, 7) is 8.82. The molecule has 116 valence electrons. The maximum atomic E-state index is 12.5. The molecule has 0 bridgehead atoms. The van der Waals surface area contributed by atoms with E-state index < -0.39 is 0 Å². The molecule has 1 heteroatoms. The lowest BCUT2D eigenvalue weighted by molar-refractivity contribution is 0.103. The number of carbonyl (C=O) groups excluding carboxylic acids is 1. The van der Waals surface area contributed by atoms with Crippen LogP contribution in [0.1, 0.15) is 54.7 Å². The van der Waals surface area contributed by atoms with E-state index in [4.69, 9.17) is 0 Å². The van der Waals surface area contributed by atoms with Crippen LogP contribution in [0.3, 0.4) is 0 Å². The van der Waals surface area contributed by atoms with E-state index in [0.29, 0.717) is 11.8 Å². The number of ketones is 1. The first-order valence-electron chi connectivity index (χ1n) is 8.18. The van der Waals surface area contributed by atoms with E-state index in [9.17, 15) is 4.79 Å². The van der Waals surface area contributed by atoms with Gasteiger partial charge in [-0.25, -0.2) is 0 Å². The second-order valence-corrected chi connectivity index (χ2v) is 6.92. The van der Waals surface area contributed by atoms with E-state index in [2.05, 4.69) is 52.0 Å². The van der Waals surface area contributed by atoms with Crippen molar-refractivity contribution in [2.75, 3.05) is 0 Å². The van der Waals surface area contributed by atoms with Gasteiger partial charge >= 0.3 is 0 Å². The summed E-state index contributed by atoms with van der Waals surface area (Å²) in [5.41, 5.74) is 4.12. The van der Waals surface area contributed by atoms with Crippen molar-refractivity contribution >= 4 is 5.78 Å². The average Bonchev–Trinajstić information content (AvgIpc) is 2.47. The van der Waals surface area contributed by atoms with E-state index in [1.807, 2.05) is 24.3 Å². The van der Waals surface area contributed by atoms with E-state index in [1.54, 1.807) is 0 Å². The molecule has 2 rings (SSSR count). The summed E-state index contributed by atoms with van der Waals surface area (Å²) in [5, 5.41) is 0. The van der Waals surface area contributed by atoms with Gasteiger partial charge in [0.2, 0.25) is 0 Å². The molecule has 0 saturated heterocycles. The van der Waals surface area contributed by atoms with Gasteiger partial charge in [-0.2, -0.15) is 0 Å². The number of carbonyl (C=O) groups is 1. The first-order valence-corrected chi connectivity index (χ1v) is 8.18. The van der Waals surface area contributed by atoms with Crippen LogP contribution in [0.5, 0.6) is 0 Å². The van der Waals surface area contributed by atoms with E-state index in [-0.39, 0.29) is 5.78 Å². The van der Waals surface area contributed by atoms with Crippen LogP contribution >= 0.6 is 0 Å². The minimum atomic E-state index is 0.104. The number of hydrogen-bond acceptors (Lipinski definition) is 1. The summed E-state index contributed by atoms with van der Waals surface area (Å²) in [4.78, 5) is 12.5. The zero-order valence-corrected chi connectivity index (χ0v) is 14.1. The van der Waals surface area contributed by atoms with Crippen molar-refractivity contribution in [1.82, 2.24) is 0 Å². The molecule has 22 heavy (non-hydrogen) atoms. The molecule has 1 nitrogen and oxygen atoms in total. The topological polar surface area (TPSA) is 17.1 Å². The van der Waals surface area contributed by atoms with Gasteiger partial charge in [0.15, 0.2) is 5.78 Å². The third kappa shape index (κ3) is 4.56. The zero-order valence-electron chi connectivity index (χ0n) is 14.1. The van der Waals surface area contributed by atoms with Gasteiger partial charge in [-0.05, 0) is 35.8 Å². The minimum Gasteiger partial charge on any atom is -0.289 e. The summed E-state index contributed by atoms with van der Waals surface area (Å²) in [6, 6.07) is 16.1. The highest BCUT2D eigenvalue weighted by atomic mass is 16.1. The summed E-state index contributed by atoms with van der Waals surface area (Å²) >= 11 is 0. The monoisotopic (exact) mass is 294 g/mol. The van der Waals surface area contributed by atoms with Crippen molar-refractivity contribution in [3.05, 3.63) is 70.8 Å². The fourth-order valence-corrected chi connectivity index (χ4v) is 2.69. The van der Waals surface area contributed by atoms with Crippen molar-refractivity contribution in [3.8, 4) is 0 Å². The Labute approximate surface area is 134 Å². The Morgan fingerprint density at radius 1 is 0.682 bits per heavy atom. The lowest BCUT2D eigenvalue weighted by Crippen LogP contribution is -2.03. The summed E-state index contributed by atoms with van der Waals surface area (Å²) in [6.07, 6.45) is 2.11. The smallest absolute Gasteiger partial charge is 0.193 e. The summed E-state index contributed by atoms with van der Waals surface area (Å²) in [5.74, 6) is 1.37. The van der Waals surface area contributed by atoms with Gasteiger partial charge < -0.3 is 0 Å². The Kier molecular flexibility index (Phi) is 5.54. The molecule has 0 aliphatic rings. The van der Waals surface area contributed by atoms with Crippen LogP contribution in [-0.2, 0) is 12.8 Å². The fraction of sp³-hybridized carbons (Fsp3) is 0.381. The Morgan fingerprint density at radius 3 is 1.27 bits per heavy atom. The highest BCUT2D eigenvalue weighted by molar-refractivity contribution is 6.08. The largest absolute Gasteiger partial charge is 0.289 e. The third-order valence-electron chi connectivity index (χ3n) is 3.72. The van der Waals surface area contributed by atoms with Gasteiger partial charge in [0.25, 0.3) is 0 Å². The molecule has 0 N–H and O–H groups in total. The molecular formula is C21H26O. The van der Waals surface area contributed by atoms with Crippen LogP contribution in [0.25, 0.3) is 0 Å². The fourth-order valence-electron chi connectivity index (χ4n) is 2.69. The second-order valence-electron chi connectivity index (χ2n) is 6.92. The lowest BCUT2D eigenvalue weighted by Gasteiger charge is -2.08. The molecule has 0 amide bonds. The Hall–Kier alpha value is -1.89. The van der Waals surface area contributed by atoms with Crippen molar-refractivity contribution < 1.29 is 4.79 Å². The molecule has 0 atom stereocenters.